The zero-order valence-corrected chi connectivity index (χ0v) is 14.4. The molecule has 6 heteroatoms. The van der Waals surface area contributed by atoms with Crippen molar-refractivity contribution in [2.75, 3.05) is 32.7 Å². The number of piperidine rings is 1. The molecule has 1 fully saturated rings. The summed E-state index contributed by atoms with van der Waals surface area (Å²) in [5.74, 6) is 1.43. The molecule has 1 saturated heterocycles. The average Bonchev–Trinajstić information content (AvgIpc) is 2.86. The molecule has 1 aromatic heterocycles. The molecule has 1 unspecified atom stereocenters. The normalized spacial score (nSPS) is 18.4. The van der Waals surface area contributed by atoms with Gasteiger partial charge in [0.05, 0.1) is 6.54 Å². The number of furan rings is 1. The minimum absolute atomic E-state index is 0.141. The molecule has 2 heterocycles. The number of aryl methyl sites for hydroxylation is 2. The summed E-state index contributed by atoms with van der Waals surface area (Å²) < 4.78 is 5.45. The Morgan fingerprint density at radius 3 is 2.61 bits per heavy atom. The summed E-state index contributed by atoms with van der Waals surface area (Å²) in [7, 11) is 0. The minimum atomic E-state index is -1.15. The SMILES string of the molecule is Cc1cc(C(C)(O)CNC(=O)NCCN2CCCCC2)c(C)o1. The summed E-state index contributed by atoms with van der Waals surface area (Å²) in [5.41, 5.74) is -0.435. The van der Waals surface area contributed by atoms with Crippen molar-refractivity contribution in [2.45, 2.75) is 45.6 Å². The number of carbonyl (C=O) groups excluding carboxylic acids is 1. The van der Waals surface area contributed by atoms with E-state index in [1.54, 1.807) is 6.92 Å². The Kier molecular flexibility index (Phi) is 6.07. The highest BCUT2D eigenvalue weighted by molar-refractivity contribution is 5.73. The standard InChI is InChI=1S/C17H29N3O3/c1-13-11-15(14(2)23-13)17(3,22)12-19-16(21)18-7-10-20-8-5-4-6-9-20/h11,22H,4-10,12H2,1-3H3,(H2,18,19,21). The van der Waals surface area contributed by atoms with E-state index in [1.807, 2.05) is 19.9 Å². The van der Waals surface area contributed by atoms with Crippen LogP contribution in [0.2, 0.25) is 0 Å². The van der Waals surface area contributed by atoms with Crippen molar-refractivity contribution in [3.63, 3.8) is 0 Å². The van der Waals surface area contributed by atoms with E-state index in [-0.39, 0.29) is 12.6 Å². The molecule has 1 aliphatic rings. The molecule has 1 atom stereocenters. The van der Waals surface area contributed by atoms with Crippen molar-refractivity contribution in [3.05, 3.63) is 23.2 Å². The highest BCUT2D eigenvalue weighted by atomic mass is 16.3. The monoisotopic (exact) mass is 323 g/mol. The van der Waals surface area contributed by atoms with Crippen molar-refractivity contribution in [1.29, 1.82) is 0 Å². The molecule has 0 spiro atoms. The van der Waals surface area contributed by atoms with Crippen LogP contribution in [0.25, 0.3) is 0 Å². The molecule has 1 aromatic rings. The van der Waals surface area contributed by atoms with Crippen LogP contribution in [0.1, 0.15) is 43.3 Å². The Labute approximate surface area is 138 Å². The number of hydrogen-bond donors (Lipinski definition) is 3. The van der Waals surface area contributed by atoms with Crippen molar-refractivity contribution in [2.24, 2.45) is 0 Å². The molecule has 130 valence electrons. The van der Waals surface area contributed by atoms with Gasteiger partial charge in [-0.15, -0.1) is 0 Å². The Hall–Kier alpha value is -1.53. The lowest BCUT2D eigenvalue weighted by Gasteiger charge is -2.26. The molecule has 6 nitrogen and oxygen atoms in total. The molecule has 2 amide bonds. The van der Waals surface area contributed by atoms with E-state index in [2.05, 4.69) is 15.5 Å². The summed E-state index contributed by atoms with van der Waals surface area (Å²) in [6, 6.07) is 1.56. The molecule has 0 aliphatic carbocycles. The molecular weight excluding hydrogens is 294 g/mol. The molecule has 0 bridgehead atoms. The van der Waals surface area contributed by atoms with E-state index < -0.39 is 5.60 Å². The second-order valence-electron chi connectivity index (χ2n) is 6.61. The van der Waals surface area contributed by atoms with Gasteiger partial charge >= 0.3 is 6.03 Å². The van der Waals surface area contributed by atoms with Gasteiger partial charge in [0.2, 0.25) is 0 Å². The quantitative estimate of drug-likeness (QED) is 0.747. The lowest BCUT2D eigenvalue weighted by Crippen LogP contribution is -2.45. The fraction of sp³-hybridized carbons (Fsp3) is 0.706. The second-order valence-corrected chi connectivity index (χ2v) is 6.61. The highest BCUT2D eigenvalue weighted by Gasteiger charge is 2.28. The van der Waals surface area contributed by atoms with Gasteiger partial charge in [0.15, 0.2) is 0 Å². The van der Waals surface area contributed by atoms with Crippen molar-refractivity contribution in [3.8, 4) is 0 Å². The Bertz CT molecular complexity index is 519. The van der Waals surface area contributed by atoms with Gasteiger partial charge in [-0.25, -0.2) is 4.79 Å². The third kappa shape index (κ3) is 5.25. The number of rotatable bonds is 6. The topological polar surface area (TPSA) is 77.7 Å². The Morgan fingerprint density at radius 1 is 1.30 bits per heavy atom. The van der Waals surface area contributed by atoms with Crippen LogP contribution in [-0.2, 0) is 5.60 Å². The molecule has 23 heavy (non-hydrogen) atoms. The van der Waals surface area contributed by atoms with Gasteiger partial charge in [0.25, 0.3) is 0 Å². The lowest BCUT2D eigenvalue weighted by atomic mass is 9.96. The number of carbonyl (C=O) groups is 1. The minimum Gasteiger partial charge on any atom is -0.466 e. The zero-order chi connectivity index (χ0) is 16.9. The fourth-order valence-electron chi connectivity index (χ4n) is 3.09. The largest absolute Gasteiger partial charge is 0.466 e. The lowest BCUT2D eigenvalue weighted by molar-refractivity contribution is 0.0578. The summed E-state index contributed by atoms with van der Waals surface area (Å²) in [6.07, 6.45) is 3.81. The molecule has 0 saturated carbocycles. The van der Waals surface area contributed by atoms with Crippen molar-refractivity contribution < 1.29 is 14.3 Å². The van der Waals surface area contributed by atoms with E-state index >= 15 is 0 Å². The number of amides is 2. The smallest absolute Gasteiger partial charge is 0.314 e. The van der Waals surface area contributed by atoms with Crippen LogP contribution in [0.15, 0.2) is 10.5 Å². The maximum absolute atomic E-state index is 11.9. The highest BCUT2D eigenvalue weighted by Crippen LogP contribution is 2.26. The molecule has 2 rings (SSSR count). The summed E-state index contributed by atoms with van der Waals surface area (Å²) in [5, 5.41) is 16.1. The number of urea groups is 1. The number of aliphatic hydroxyl groups is 1. The van der Waals surface area contributed by atoms with Crippen LogP contribution in [0, 0.1) is 13.8 Å². The van der Waals surface area contributed by atoms with Crippen molar-refractivity contribution >= 4 is 6.03 Å². The first kappa shape index (κ1) is 17.8. The molecule has 0 aromatic carbocycles. The van der Waals surface area contributed by atoms with Crippen LogP contribution < -0.4 is 10.6 Å². The number of nitrogens with zero attached hydrogens (tertiary/aromatic N) is 1. The number of likely N-dealkylation sites (tertiary alicyclic amines) is 1. The maximum atomic E-state index is 11.9. The van der Waals surface area contributed by atoms with Gasteiger partial charge in [-0.2, -0.15) is 0 Å². The van der Waals surface area contributed by atoms with E-state index in [0.29, 0.717) is 17.9 Å². The number of nitrogens with one attached hydrogen (secondary N) is 2. The van der Waals surface area contributed by atoms with Crippen LogP contribution in [0.4, 0.5) is 4.79 Å². The van der Waals surface area contributed by atoms with E-state index in [9.17, 15) is 9.90 Å². The number of hydrogen-bond acceptors (Lipinski definition) is 4. The van der Waals surface area contributed by atoms with Crippen LogP contribution in [0.5, 0.6) is 0 Å². The van der Waals surface area contributed by atoms with E-state index in [1.165, 1.54) is 19.3 Å². The van der Waals surface area contributed by atoms with Gasteiger partial charge in [0, 0.05) is 18.7 Å². The average molecular weight is 323 g/mol. The van der Waals surface area contributed by atoms with Gasteiger partial charge in [-0.1, -0.05) is 6.42 Å². The molecule has 1 aliphatic heterocycles. The third-order valence-electron chi connectivity index (χ3n) is 4.38. The first-order valence-electron chi connectivity index (χ1n) is 8.42. The Morgan fingerprint density at radius 2 is 2.00 bits per heavy atom. The summed E-state index contributed by atoms with van der Waals surface area (Å²) in [6.45, 7) is 9.22. The van der Waals surface area contributed by atoms with Crippen LogP contribution >= 0.6 is 0 Å². The Balaban J connectivity index is 1.71. The van der Waals surface area contributed by atoms with Gasteiger partial charge in [-0.3, -0.25) is 0 Å². The van der Waals surface area contributed by atoms with E-state index in [4.69, 9.17) is 4.42 Å². The second kappa shape index (κ2) is 7.84. The van der Waals surface area contributed by atoms with Crippen LogP contribution in [0.3, 0.4) is 0 Å². The zero-order valence-electron chi connectivity index (χ0n) is 14.4. The van der Waals surface area contributed by atoms with Gasteiger partial charge in [0.1, 0.15) is 17.1 Å². The van der Waals surface area contributed by atoms with Crippen molar-refractivity contribution in [1.82, 2.24) is 15.5 Å². The van der Waals surface area contributed by atoms with E-state index in [0.717, 1.165) is 25.4 Å². The molecule has 0 radical (unpaired) electrons. The fourth-order valence-corrected chi connectivity index (χ4v) is 3.09. The van der Waals surface area contributed by atoms with Gasteiger partial charge < -0.3 is 25.1 Å². The molecule has 3 N–H and O–H groups in total. The third-order valence-corrected chi connectivity index (χ3v) is 4.38. The first-order chi connectivity index (χ1) is 10.9. The van der Waals surface area contributed by atoms with Gasteiger partial charge in [-0.05, 0) is 52.8 Å². The van der Waals surface area contributed by atoms with Crippen LogP contribution in [-0.4, -0.2) is 48.8 Å². The summed E-state index contributed by atoms with van der Waals surface area (Å²) >= 11 is 0. The molecular formula is C17H29N3O3. The maximum Gasteiger partial charge on any atom is 0.314 e. The predicted molar refractivity (Wildman–Crippen MR) is 89.4 cm³/mol. The summed E-state index contributed by atoms with van der Waals surface area (Å²) in [4.78, 5) is 14.3. The first-order valence-corrected chi connectivity index (χ1v) is 8.42. The predicted octanol–water partition coefficient (Wildman–Crippen LogP) is 1.89.